The number of benzene rings is 2. The highest BCUT2D eigenvalue weighted by atomic mass is 16.2. The largest absolute Gasteiger partial charge is 0.326 e. The summed E-state index contributed by atoms with van der Waals surface area (Å²) in [6.45, 7) is 10.9. The molecule has 2 aromatic carbocycles. The van der Waals surface area contributed by atoms with E-state index in [2.05, 4.69) is 53.2 Å². The highest BCUT2D eigenvalue weighted by molar-refractivity contribution is 6.13. The molecule has 0 atom stereocenters. The van der Waals surface area contributed by atoms with Gasteiger partial charge in [-0.2, -0.15) is 0 Å². The zero-order chi connectivity index (χ0) is 43.6. The lowest BCUT2D eigenvalue weighted by Crippen LogP contribution is -2.66. The smallest absolute Gasteiger partial charge is 0.253 e. The first-order chi connectivity index (χ1) is 30.1. The third-order valence-electron chi connectivity index (χ3n) is 11.4. The van der Waals surface area contributed by atoms with Gasteiger partial charge in [0.15, 0.2) is 0 Å². The molecule has 0 saturated carbocycles. The number of carbonyl (C=O) groups excluding carboxylic acids is 6. The van der Waals surface area contributed by atoms with Crippen molar-refractivity contribution in [3.63, 3.8) is 0 Å². The zero-order valence-electron chi connectivity index (χ0n) is 35.4. The number of nitrogens with one attached hydrogen (secondary N) is 10. The summed E-state index contributed by atoms with van der Waals surface area (Å²) in [5, 5.41) is 35.8. The zero-order valence-corrected chi connectivity index (χ0v) is 35.4. The van der Waals surface area contributed by atoms with E-state index in [1.165, 1.54) is 24.3 Å². The molecule has 0 aromatic heterocycles. The maximum Gasteiger partial charge on any atom is 0.253 e. The van der Waals surface area contributed by atoms with Crippen LogP contribution >= 0.6 is 0 Å². The van der Waals surface area contributed by atoms with Gasteiger partial charge in [-0.1, -0.05) is 24.3 Å². The van der Waals surface area contributed by atoms with Crippen LogP contribution in [0.5, 0.6) is 0 Å². The molecule has 5 aliphatic heterocycles. The van der Waals surface area contributed by atoms with Crippen molar-refractivity contribution in [3.8, 4) is 0 Å². The molecular weight excluding hydrogens is 793 g/mol. The normalized spacial score (nSPS) is 22.8. The Balaban J connectivity index is 0.960. The molecule has 0 unspecified atom stereocenters. The third kappa shape index (κ3) is 14.2. The number of anilines is 2. The Bertz CT molecular complexity index is 1700. The van der Waals surface area contributed by atoms with E-state index in [1.807, 2.05) is 48.5 Å². The predicted octanol–water partition coefficient (Wildman–Crippen LogP) is -1.10. The standard InChI is InChI=1S/C44H62N12O6/c57-37(3-1-23-55-39(59)13-14-40(55)60)53-35-9-5-33(6-10-35)25-51-43-27-45-17-20-48-30-44(31-49-21-18-46-28-43,32-50-22-19-47-29-43)52-26-34-7-11-36(12-8-34)54-38(58)4-2-24-56-41(61)15-16-42(56)62/h5-16,45-52H,1-4,17-32H2,(H,53,57)(H,54,58). The predicted molar refractivity (Wildman–Crippen MR) is 237 cm³/mol. The van der Waals surface area contributed by atoms with Crippen LogP contribution in [0.4, 0.5) is 11.4 Å². The van der Waals surface area contributed by atoms with Crippen LogP contribution in [0.25, 0.3) is 0 Å². The second-order valence-corrected chi connectivity index (χ2v) is 16.3. The molecule has 2 aromatic rings. The van der Waals surface area contributed by atoms with Crippen LogP contribution in [0, 0.1) is 0 Å². The maximum absolute atomic E-state index is 12.6. The summed E-state index contributed by atoms with van der Waals surface area (Å²) in [7, 11) is 0. The molecule has 62 heavy (non-hydrogen) atoms. The lowest BCUT2D eigenvalue weighted by molar-refractivity contribution is -0.138. The molecular formula is C44H62N12O6. The molecule has 10 N–H and O–H groups in total. The van der Waals surface area contributed by atoms with Gasteiger partial charge in [-0.05, 0) is 48.2 Å². The van der Waals surface area contributed by atoms with Gasteiger partial charge in [0.25, 0.3) is 23.6 Å². The quantitative estimate of drug-likeness (QED) is 0.0905. The minimum Gasteiger partial charge on any atom is -0.326 e. The fourth-order valence-electron chi connectivity index (χ4n) is 7.78. The average Bonchev–Trinajstić information content (AvgIpc) is 3.77. The van der Waals surface area contributed by atoms with Gasteiger partial charge < -0.3 is 53.2 Å². The van der Waals surface area contributed by atoms with Gasteiger partial charge in [-0.15, -0.1) is 0 Å². The number of rotatable bonds is 16. The molecule has 3 saturated heterocycles. The third-order valence-corrected chi connectivity index (χ3v) is 11.4. The minimum absolute atomic E-state index is 0.168. The fourth-order valence-corrected chi connectivity index (χ4v) is 7.78. The number of imide groups is 2. The number of carbonyl (C=O) groups is 6. The lowest BCUT2D eigenvalue weighted by Gasteiger charge is -2.39. The Morgan fingerprint density at radius 3 is 1.05 bits per heavy atom. The Labute approximate surface area is 363 Å². The number of amides is 6. The number of hydrogen-bond donors (Lipinski definition) is 10. The maximum atomic E-state index is 12.6. The summed E-state index contributed by atoms with van der Waals surface area (Å²) in [5.74, 6) is -1.69. The van der Waals surface area contributed by atoms with E-state index in [0.29, 0.717) is 37.3 Å². The van der Waals surface area contributed by atoms with Gasteiger partial charge >= 0.3 is 0 Å². The van der Waals surface area contributed by atoms with E-state index in [-0.39, 0.29) is 72.5 Å². The fraction of sp³-hybridized carbons (Fsp3) is 0.500. The number of nitrogens with zero attached hydrogens (tertiary/aromatic N) is 2. The van der Waals surface area contributed by atoms with Crippen LogP contribution in [0.15, 0.2) is 72.8 Å². The van der Waals surface area contributed by atoms with Gasteiger partial charge in [-0.3, -0.25) is 38.6 Å². The molecule has 18 heteroatoms. The van der Waals surface area contributed by atoms with Crippen molar-refractivity contribution < 1.29 is 28.8 Å². The molecule has 334 valence electrons. The molecule has 5 heterocycles. The molecule has 0 aliphatic carbocycles. The highest BCUT2D eigenvalue weighted by Gasteiger charge is 2.32. The van der Waals surface area contributed by atoms with Crippen LogP contribution in [0.3, 0.4) is 0 Å². The Morgan fingerprint density at radius 2 is 0.758 bits per heavy atom. The first-order valence-electron chi connectivity index (χ1n) is 21.7. The van der Waals surface area contributed by atoms with Crippen LogP contribution in [0.1, 0.15) is 36.8 Å². The van der Waals surface area contributed by atoms with E-state index >= 15 is 0 Å². The molecule has 6 amide bonds. The Hall–Kier alpha value is -5.18. The summed E-state index contributed by atoms with van der Waals surface area (Å²) in [6, 6.07) is 15.6. The van der Waals surface area contributed by atoms with E-state index in [1.54, 1.807) is 0 Å². The summed E-state index contributed by atoms with van der Waals surface area (Å²) < 4.78 is 0. The van der Waals surface area contributed by atoms with Crippen molar-refractivity contribution in [1.82, 2.24) is 52.3 Å². The van der Waals surface area contributed by atoms with Crippen molar-refractivity contribution in [2.75, 3.05) is 102 Å². The van der Waals surface area contributed by atoms with Crippen LogP contribution < -0.4 is 53.2 Å². The van der Waals surface area contributed by atoms with Gasteiger partial charge in [0.2, 0.25) is 11.8 Å². The van der Waals surface area contributed by atoms with Gasteiger partial charge in [0, 0.05) is 153 Å². The van der Waals surface area contributed by atoms with E-state index in [9.17, 15) is 28.8 Å². The molecule has 5 aliphatic rings. The van der Waals surface area contributed by atoms with Gasteiger partial charge in [0.1, 0.15) is 0 Å². The van der Waals surface area contributed by atoms with Crippen molar-refractivity contribution in [3.05, 3.63) is 84.0 Å². The number of fused-ring (bicyclic) bond motifs is 15. The SMILES string of the molecule is O=C(CCCN1C(=O)C=CC1=O)Nc1ccc(CNC23CNCCNCC(NCc4ccc(NC(=O)CCCN5C(=O)C=CC5=O)cc4)(CNCCNC2)CNCCNC3)cc1. The molecule has 0 radical (unpaired) electrons. The van der Waals surface area contributed by atoms with Crippen LogP contribution in [0.2, 0.25) is 0 Å². The second kappa shape index (κ2) is 23.3. The van der Waals surface area contributed by atoms with E-state index in [0.717, 1.165) is 99.5 Å². The van der Waals surface area contributed by atoms with Crippen molar-refractivity contribution in [2.45, 2.75) is 49.9 Å². The topological polar surface area (TPSA) is 229 Å². The Morgan fingerprint density at radius 1 is 0.468 bits per heavy atom. The van der Waals surface area contributed by atoms with Crippen molar-refractivity contribution >= 4 is 46.8 Å². The monoisotopic (exact) mass is 854 g/mol. The van der Waals surface area contributed by atoms with Crippen molar-refractivity contribution in [2.24, 2.45) is 0 Å². The van der Waals surface area contributed by atoms with E-state index in [4.69, 9.17) is 0 Å². The van der Waals surface area contributed by atoms with E-state index < -0.39 is 0 Å². The average molecular weight is 855 g/mol. The summed E-state index contributed by atoms with van der Waals surface area (Å²) in [6.07, 6.45) is 6.19. The number of hydrogen-bond acceptors (Lipinski definition) is 14. The Kier molecular flexibility index (Phi) is 17.4. The molecule has 7 rings (SSSR count). The minimum atomic E-state index is -0.339. The van der Waals surface area contributed by atoms with Crippen LogP contribution in [-0.4, -0.2) is 148 Å². The van der Waals surface area contributed by atoms with Gasteiger partial charge in [-0.25, -0.2) is 0 Å². The summed E-state index contributed by atoms with van der Waals surface area (Å²) in [5.41, 5.74) is 2.99. The molecule has 2 bridgehead atoms. The summed E-state index contributed by atoms with van der Waals surface area (Å²) in [4.78, 5) is 74.4. The van der Waals surface area contributed by atoms with Crippen molar-refractivity contribution in [1.29, 1.82) is 0 Å². The van der Waals surface area contributed by atoms with Gasteiger partial charge in [0.05, 0.1) is 11.1 Å². The molecule has 18 nitrogen and oxygen atoms in total. The highest BCUT2D eigenvalue weighted by Crippen LogP contribution is 2.15. The van der Waals surface area contributed by atoms with Crippen LogP contribution in [-0.2, 0) is 41.9 Å². The first-order valence-corrected chi connectivity index (χ1v) is 21.7. The summed E-state index contributed by atoms with van der Waals surface area (Å²) >= 11 is 0. The second-order valence-electron chi connectivity index (χ2n) is 16.3. The molecule has 3 fully saturated rings. The lowest BCUT2D eigenvalue weighted by atomic mass is 9.96. The first kappa shape index (κ1) is 46.3. The molecule has 0 spiro atoms.